The Hall–Kier alpha value is -2.06. The van der Waals surface area contributed by atoms with Crippen LogP contribution in [0.1, 0.15) is 19.4 Å². The van der Waals surface area contributed by atoms with E-state index in [4.69, 9.17) is 0 Å². The van der Waals surface area contributed by atoms with Crippen LogP contribution in [0.25, 0.3) is 21.8 Å². The highest BCUT2D eigenvalue weighted by atomic mass is 15.0. The summed E-state index contributed by atoms with van der Waals surface area (Å²) in [5.41, 5.74) is 5.13. The molecule has 0 bridgehead atoms. The second-order valence-electron chi connectivity index (χ2n) is 5.67. The number of hydrogen-bond donors (Lipinski definition) is 1. The van der Waals surface area contributed by atoms with Crippen LogP contribution >= 0.6 is 0 Å². The maximum Gasteiger partial charge on any atom is 0.0491 e. The predicted octanol–water partition coefficient (Wildman–Crippen LogP) is 4.48. The standard InChI is InChI=1S/C19H22N2/c1-4-21-18-8-6-5-7-16(18)17-11-15(9-10-19(17)21)13-20-12-14(2)3/h5-11,20H,2,4,12-13H2,1,3H3. The van der Waals surface area contributed by atoms with E-state index < -0.39 is 0 Å². The topological polar surface area (TPSA) is 17.0 Å². The molecule has 2 heteroatoms. The van der Waals surface area contributed by atoms with Crippen LogP contribution in [0, 0.1) is 0 Å². The lowest BCUT2D eigenvalue weighted by molar-refractivity contribution is 0.741. The fourth-order valence-corrected chi connectivity index (χ4v) is 2.97. The largest absolute Gasteiger partial charge is 0.341 e. The molecule has 0 aliphatic rings. The highest BCUT2D eigenvalue weighted by molar-refractivity contribution is 6.08. The molecule has 3 aromatic rings. The van der Waals surface area contributed by atoms with Gasteiger partial charge in [-0.1, -0.05) is 36.4 Å². The molecule has 0 radical (unpaired) electrons. The van der Waals surface area contributed by atoms with Crippen molar-refractivity contribution in [2.75, 3.05) is 6.54 Å². The summed E-state index contributed by atoms with van der Waals surface area (Å²) >= 11 is 0. The smallest absolute Gasteiger partial charge is 0.0491 e. The molecule has 1 aromatic heterocycles. The summed E-state index contributed by atoms with van der Waals surface area (Å²) in [6.07, 6.45) is 0. The second-order valence-corrected chi connectivity index (χ2v) is 5.67. The van der Waals surface area contributed by atoms with Crippen molar-refractivity contribution in [3.63, 3.8) is 0 Å². The molecule has 2 nitrogen and oxygen atoms in total. The average Bonchev–Trinajstić information content (AvgIpc) is 2.80. The molecule has 0 amide bonds. The Balaban J connectivity index is 2.04. The van der Waals surface area contributed by atoms with Crippen molar-refractivity contribution in [2.24, 2.45) is 0 Å². The summed E-state index contributed by atoms with van der Waals surface area (Å²) in [4.78, 5) is 0. The van der Waals surface area contributed by atoms with E-state index in [-0.39, 0.29) is 0 Å². The average molecular weight is 278 g/mol. The van der Waals surface area contributed by atoms with E-state index in [0.717, 1.165) is 19.6 Å². The highest BCUT2D eigenvalue weighted by Crippen LogP contribution is 2.29. The first-order chi connectivity index (χ1) is 10.2. The SMILES string of the molecule is C=C(C)CNCc1ccc2c(c1)c1ccccc1n2CC. The van der Waals surface area contributed by atoms with Crippen molar-refractivity contribution in [2.45, 2.75) is 26.9 Å². The second kappa shape index (κ2) is 5.74. The number of nitrogens with one attached hydrogen (secondary N) is 1. The van der Waals surface area contributed by atoms with Gasteiger partial charge in [0.2, 0.25) is 0 Å². The summed E-state index contributed by atoms with van der Waals surface area (Å²) in [6.45, 7) is 10.9. The van der Waals surface area contributed by atoms with Crippen LogP contribution in [-0.2, 0) is 13.1 Å². The van der Waals surface area contributed by atoms with E-state index in [1.165, 1.54) is 32.9 Å². The molecule has 21 heavy (non-hydrogen) atoms. The summed E-state index contributed by atoms with van der Waals surface area (Å²) in [5.74, 6) is 0. The fraction of sp³-hybridized carbons (Fsp3) is 0.263. The zero-order chi connectivity index (χ0) is 14.8. The summed E-state index contributed by atoms with van der Waals surface area (Å²) < 4.78 is 2.38. The summed E-state index contributed by atoms with van der Waals surface area (Å²) in [7, 11) is 0. The number of para-hydroxylation sites is 1. The Bertz CT molecular complexity index is 796. The van der Waals surface area contributed by atoms with Gasteiger partial charge in [-0.05, 0) is 37.6 Å². The number of fused-ring (bicyclic) bond motifs is 3. The Morgan fingerprint density at radius 1 is 1.10 bits per heavy atom. The van der Waals surface area contributed by atoms with Gasteiger partial charge in [0.1, 0.15) is 0 Å². The lowest BCUT2D eigenvalue weighted by Gasteiger charge is -2.06. The third-order valence-corrected chi connectivity index (χ3v) is 3.91. The molecule has 0 aliphatic carbocycles. The van der Waals surface area contributed by atoms with E-state index in [2.05, 4.69) is 65.9 Å². The van der Waals surface area contributed by atoms with E-state index in [0.29, 0.717) is 0 Å². The van der Waals surface area contributed by atoms with E-state index in [9.17, 15) is 0 Å². The van der Waals surface area contributed by atoms with Gasteiger partial charge in [0.15, 0.2) is 0 Å². The number of benzene rings is 2. The van der Waals surface area contributed by atoms with Crippen LogP contribution in [0.5, 0.6) is 0 Å². The fourth-order valence-electron chi connectivity index (χ4n) is 2.97. The monoisotopic (exact) mass is 278 g/mol. The quantitative estimate of drug-likeness (QED) is 0.681. The van der Waals surface area contributed by atoms with Gasteiger partial charge >= 0.3 is 0 Å². The van der Waals surface area contributed by atoms with Crippen LogP contribution in [0.3, 0.4) is 0 Å². The highest BCUT2D eigenvalue weighted by Gasteiger charge is 2.09. The maximum absolute atomic E-state index is 3.93. The van der Waals surface area contributed by atoms with E-state index >= 15 is 0 Å². The Morgan fingerprint density at radius 3 is 2.62 bits per heavy atom. The van der Waals surface area contributed by atoms with Crippen molar-refractivity contribution in [3.8, 4) is 0 Å². The molecule has 0 saturated carbocycles. The van der Waals surface area contributed by atoms with Gasteiger partial charge in [0.25, 0.3) is 0 Å². The normalized spacial score (nSPS) is 11.3. The lowest BCUT2D eigenvalue weighted by atomic mass is 10.1. The molecule has 1 N–H and O–H groups in total. The molecule has 1 heterocycles. The molecule has 0 saturated heterocycles. The zero-order valence-electron chi connectivity index (χ0n) is 12.8. The van der Waals surface area contributed by atoms with Crippen LogP contribution in [0.4, 0.5) is 0 Å². The number of aryl methyl sites for hydroxylation is 1. The van der Waals surface area contributed by atoms with Gasteiger partial charge in [-0.3, -0.25) is 0 Å². The molecular weight excluding hydrogens is 256 g/mol. The summed E-state index contributed by atoms with van der Waals surface area (Å²) in [5, 5.41) is 6.12. The van der Waals surface area contributed by atoms with Crippen molar-refractivity contribution >= 4 is 21.8 Å². The number of rotatable bonds is 5. The van der Waals surface area contributed by atoms with Crippen molar-refractivity contribution < 1.29 is 0 Å². The van der Waals surface area contributed by atoms with Crippen LogP contribution < -0.4 is 5.32 Å². The molecule has 2 aromatic carbocycles. The van der Waals surface area contributed by atoms with E-state index in [1.54, 1.807) is 0 Å². The van der Waals surface area contributed by atoms with Crippen LogP contribution in [-0.4, -0.2) is 11.1 Å². The molecule has 0 aliphatic heterocycles. The third kappa shape index (κ3) is 2.59. The first kappa shape index (κ1) is 13.9. The molecule has 0 atom stereocenters. The van der Waals surface area contributed by atoms with Crippen molar-refractivity contribution in [1.29, 1.82) is 0 Å². The van der Waals surface area contributed by atoms with Gasteiger partial charge in [-0.2, -0.15) is 0 Å². The first-order valence-corrected chi connectivity index (χ1v) is 7.55. The maximum atomic E-state index is 3.93. The third-order valence-electron chi connectivity index (χ3n) is 3.91. The zero-order valence-corrected chi connectivity index (χ0v) is 12.8. The Labute approximate surface area is 126 Å². The van der Waals surface area contributed by atoms with Crippen LogP contribution in [0.15, 0.2) is 54.6 Å². The van der Waals surface area contributed by atoms with Gasteiger partial charge in [-0.25, -0.2) is 0 Å². The Kier molecular flexibility index (Phi) is 3.80. The van der Waals surface area contributed by atoms with Crippen LogP contribution in [0.2, 0.25) is 0 Å². The van der Waals surface area contributed by atoms with Crippen molar-refractivity contribution in [1.82, 2.24) is 9.88 Å². The minimum Gasteiger partial charge on any atom is -0.341 e. The minimum absolute atomic E-state index is 0.870. The van der Waals surface area contributed by atoms with Gasteiger partial charge < -0.3 is 9.88 Å². The molecule has 0 unspecified atom stereocenters. The lowest BCUT2D eigenvalue weighted by Crippen LogP contribution is -2.14. The minimum atomic E-state index is 0.870. The van der Waals surface area contributed by atoms with E-state index in [1.807, 2.05) is 6.92 Å². The molecule has 0 spiro atoms. The predicted molar refractivity (Wildman–Crippen MR) is 91.6 cm³/mol. The molecular formula is C19H22N2. The van der Waals surface area contributed by atoms with Gasteiger partial charge in [-0.15, -0.1) is 0 Å². The molecule has 0 fully saturated rings. The summed E-state index contributed by atoms with van der Waals surface area (Å²) in [6, 6.07) is 15.4. The number of hydrogen-bond acceptors (Lipinski definition) is 1. The van der Waals surface area contributed by atoms with Gasteiger partial charge in [0.05, 0.1) is 0 Å². The number of nitrogens with zero attached hydrogens (tertiary/aromatic N) is 1. The van der Waals surface area contributed by atoms with Crippen molar-refractivity contribution in [3.05, 3.63) is 60.2 Å². The number of aromatic nitrogens is 1. The first-order valence-electron chi connectivity index (χ1n) is 7.55. The molecule has 108 valence electrons. The van der Waals surface area contributed by atoms with Gasteiger partial charge in [0, 0.05) is 41.4 Å². The molecule has 3 rings (SSSR count). The Morgan fingerprint density at radius 2 is 1.86 bits per heavy atom.